The van der Waals surface area contributed by atoms with Gasteiger partial charge in [-0.25, -0.2) is 14.4 Å². The third kappa shape index (κ3) is 4.27. The van der Waals surface area contributed by atoms with Gasteiger partial charge < -0.3 is 16.2 Å². The quantitative estimate of drug-likeness (QED) is 0.353. The maximum absolute atomic E-state index is 15.1. The van der Waals surface area contributed by atoms with Crippen molar-refractivity contribution in [2.75, 3.05) is 11.1 Å². The van der Waals surface area contributed by atoms with Crippen LogP contribution in [0.5, 0.6) is 0 Å². The number of nitrogens with one attached hydrogen (secondary N) is 1. The van der Waals surface area contributed by atoms with Gasteiger partial charge in [0.2, 0.25) is 0 Å². The molecule has 0 aliphatic heterocycles. The summed E-state index contributed by atoms with van der Waals surface area (Å²) in [5.74, 6) is -2.70. The van der Waals surface area contributed by atoms with Crippen LogP contribution in [0.25, 0.3) is 16.8 Å². The van der Waals surface area contributed by atoms with Crippen molar-refractivity contribution in [3.05, 3.63) is 76.6 Å². The van der Waals surface area contributed by atoms with Crippen LogP contribution in [0.4, 0.5) is 29.1 Å². The third-order valence-electron chi connectivity index (χ3n) is 4.91. The molecule has 4 N–H and O–H groups in total. The summed E-state index contributed by atoms with van der Waals surface area (Å²) >= 11 is 6.11. The minimum absolute atomic E-state index is 0.0470. The van der Waals surface area contributed by atoms with Gasteiger partial charge >= 0.3 is 6.18 Å². The molecule has 4 aromatic rings. The molecule has 34 heavy (non-hydrogen) atoms. The van der Waals surface area contributed by atoms with Crippen LogP contribution in [-0.2, 0) is 11.0 Å². The minimum Gasteiger partial charge on any atom is -0.382 e. The van der Waals surface area contributed by atoms with Crippen molar-refractivity contribution in [1.29, 1.82) is 0 Å². The number of halogens is 5. The summed E-state index contributed by atoms with van der Waals surface area (Å²) in [4.78, 5) is 20.3. The first-order chi connectivity index (χ1) is 17.2. The Bertz CT molecular complexity index is 1520. The fraction of sp³-hybridized carbons (Fsp3) is 0.136. The van der Waals surface area contributed by atoms with Crippen molar-refractivity contribution in [3.8, 4) is 11.3 Å². The highest BCUT2D eigenvalue weighted by Gasteiger charge is 2.31. The van der Waals surface area contributed by atoms with E-state index in [-0.39, 0.29) is 39.0 Å². The fourth-order valence-corrected chi connectivity index (χ4v) is 3.54. The van der Waals surface area contributed by atoms with Gasteiger partial charge in [0.25, 0.3) is 5.91 Å². The van der Waals surface area contributed by atoms with Gasteiger partial charge in [0, 0.05) is 15.4 Å². The number of aliphatic hydroxyl groups is 1. The number of hydrogen-bond donors (Lipinski definition) is 3. The molecule has 7 nitrogen and oxygen atoms in total. The molecule has 0 saturated carbocycles. The Morgan fingerprint density at radius 1 is 1.29 bits per heavy atom. The van der Waals surface area contributed by atoms with Crippen molar-refractivity contribution < 1.29 is 31.6 Å². The Morgan fingerprint density at radius 2 is 2.06 bits per heavy atom. The molecule has 0 aliphatic carbocycles. The molecule has 0 spiro atoms. The third-order valence-corrected chi connectivity index (χ3v) is 5.18. The van der Waals surface area contributed by atoms with Gasteiger partial charge in [-0.3, -0.25) is 9.20 Å². The molecule has 12 heteroatoms. The highest BCUT2D eigenvalue weighted by Crippen LogP contribution is 2.34. The first-order valence-corrected chi connectivity index (χ1v) is 9.85. The molecule has 0 aliphatic rings. The zero-order valence-corrected chi connectivity index (χ0v) is 17.6. The molecule has 0 bridgehead atoms. The van der Waals surface area contributed by atoms with E-state index in [0.717, 1.165) is 34.9 Å². The van der Waals surface area contributed by atoms with E-state index in [2.05, 4.69) is 15.3 Å². The number of anilines is 2. The molecule has 1 atom stereocenters. The number of benzene rings is 2. The summed E-state index contributed by atoms with van der Waals surface area (Å²) in [5, 5.41) is 12.3. The van der Waals surface area contributed by atoms with Crippen molar-refractivity contribution in [3.63, 3.8) is 0 Å². The molecule has 2 heterocycles. The lowest BCUT2D eigenvalue weighted by Gasteiger charge is -2.14. The average molecular weight is 497 g/mol. The van der Waals surface area contributed by atoms with E-state index >= 15 is 4.39 Å². The van der Waals surface area contributed by atoms with Gasteiger partial charge in [0.1, 0.15) is 33.8 Å². The van der Waals surface area contributed by atoms with E-state index in [0.29, 0.717) is 6.07 Å². The molecule has 2 aromatic heterocycles. The molecule has 176 valence electrons. The van der Waals surface area contributed by atoms with Gasteiger partial charge in [-0.15, -0.1) is 0 Å². The van der Waals surface area contributed by atoms with Crippen LogP contribution in [0.15, 0.2) is 48.7 Å². The normalized spacial score (nSPS) is 14.4. The number of rotatable bonds is 4. The van der Waals surface area contributed by atoms with Crippen LogP contribution in [0, 0.1) is 12.7 Å². The van der Waals surface area contributed by atoms with E-state index in [9.17, 15) is 23.1 Å². The highest BCUT2D eigenvalue weighted by atomic mass is 35.5. The molecule has 0 saturated heterocycles. The number of imidazole rings is 1. The van der Waals surface area contributed by atoms with Crippen LogP contribution in [-0.4, -0.2) is 25.4 Å². The molecular formula is C22H16ClF4N5O2. The second-order valence-electron chi connectivity index (χ2n) is 7.14. The van der Waals surface area contributed by atoms with Gasteiger partial charge in [0.15, 0.2) is 6.10 Å². The lowest BCUT2D eigenvalue weighted by molar-refractivity contribution is -0.138. The number of nitrogen functional groups attached to an aromatic ring is 1. The minimum atomic E-state index is -4.68. The molecule has 1 amide bonds. The summed E-state index contributed by atoms with van der Waals surface area (Å²) in [5.41, 5.74) is 3.99. The van der Waals surface area contributed by atoms with Crippen LogP contribution in [0.2, 0.25) is 5.15 Å². The number of aryl methyl sites for hydroxylation is 1. The number of amides is 1. The first-order valence-electron chi connectivity index (χ1n) is 11.0. The average Bonchev–Trinajstić information content (AvgIpc) is 3.23. The summed E-state index contributed by atoms with van der Waals surface area (Å²) in [6.07, 6.45) is -5.53. The number of alkyl halides is 3. The second kappa shape index (κ2) is 8.58. The number of carbonyl (C=O) groups excluding carboxylic acids is 1. The van der Waals surface area contributed by atoms with E-state index < -0.39 is 42.2 Å². The van der Waals surface area contributed by atoms with Crippen molar-refractivity contribution >= 4 is 34.5 Å². The van der Waals surface area contributed by atoms with Crippen LogP contribution < -0.4 is 11.1 Å². The smallest absolute Gasteiger partial charge is 0.382 e. The van der Waals surface area contributed by atoms with E-state index in [1.165, 1.54) is 12.1 Å². The highest BCUT2D eigenvalue weighted by molar-refractivity contribution is 6.29. The number of aliphatic hydroxyl groups excluding tert-OH is 1. The molecule has 0 fully saturated rings. The summed E-state index contributed by atoms with van der Waals surface area (Å²) in [7, 11) is 0. The monoisotopic (exact) mass is 496 g/mol. The number of fused-ring (bicyclic) bond motifs is 1. The Labute approximate surface area is 199 Å². The van der Waals surface area contributed by atoms with Gasteiger partial charge in [-0.05, 0) is 42.7 Å². The van der Waals surface area contributed by atoms with Gasteiger partial charge in [-0.1, -0.05) is 23.7 Å². The number of carbonyl (C=O) groups is 1. The van der Waals surface area contributed by atoms with E-state index in [4.69, 9.17) is 21.4 Å². The SMILES string of the molecule is [2H]C([2H])([2H])c1nc(-c2ccc(NC(=O)[C@H](O)c3cccc(C(F)(F)F)c3)cc2F)c2c(N)ncc(Cl)n12. The Kier molecular flexibility index (Phi) is 4.98. The van der Waals surface area contributed by atoms with Crippen LogP contribution >= 0.6 is 11.6 Å². The zero-order valence-electron chi connectivity index (χ0n) is 19.9. The molecule has 4 rings (SSSR count). The number of nitrogens with zero attached hydrogens (tertiary/aromatic N) is 3. The van der Waals surface area contributed by atoms with Crippen molar-refractivity contribution in [2.24, 2.45) is 0 Å². The predicted molar refractivity (Wildman–Crippen MR) is 118 cm³/mol. The first kappa shape index (κ1) is 19.7. The summed E-state index contributed by atoms with van der Waals surface area (Å²) < 4.78 is 78.1. The topological polar surface area (TPSA) is 106 Å². The maximum atomic E-state index is 15.1. The predicted octanol–water partition coefficient (Wildman–Crippen LogP) is 4.77. The standard InChI is InChI=1S/C22H16ClF4N5O2/c1-10-30-17(18-20(28)29-9-16(23)32(10)18)14-6-5-13(8-15(14)24)31-21(34)19(33)11-3-2-4-12(7-11)22(25,26)27/h2-9,19,33H,1H3,(H2,28,29)(H,31,34)/t19-/m1/s1/i1D3. The lowest BCUT2D eigenvalue weighted by Crippen LogP contribution is -2.21. The summed E-state index contributed by atoms with van der Waals surface area (Å²) in [6.45, 7) is -2.73. The van der Waals surface area contributed by atoms with Gasteiger partial charge in [0.05, 0.1) is 11.8 Å². The van der Waals surface area contributed by atoms with Crippen LogP contribution in [0.3, 0.4) is 0 Å². The molecule has 0 radical (unpaired) electrons. The fourth-order valence-electron chi connectivity index (χ4n) is 3.33. The number of hydrogen-bond acceptors (Lipinski definition) is 5. The summed E-state index contributed by atoms with van der Waals surface area (Å²) in [6, 6.07) is 6.86. The van der Waals surface area contributed by atoms with Gasteiger partial charge in [-0.2, -0.15) is 13.2 Å². The van der Waals surface area contributed by atoms with Crippen molar-refractivity contribution in [2.45, 2.75) is 19.1 Å². The van der Waals surface area contributed by atoms with Crippen LogP contribution in [0.1, 0.15) is 27.2 Å². The van der Waals surface area contributed by atoms with E-state index in [1.807, 2.05) is 0 Å². The Balaban J connectivity index is 1.67. The second-order valence-corrected chi connectivity index (χ2v) is 7.53. The molecule has 2 aromatic carbocycles. The zero-order chi connectivity index (χ0) is 27.3. The maximum Gasteiger partial charge on any atom is 0.416 e. The number of nitrogens with two attached hydrogens (primary N) is 1. The Hall–Kier alpha value is -3.70. The molecule has 0 unspecified atom stereocenters. The molecular weight excluding hydrogens is 478 g/mol. The largest absolute Gasteiger partial charge is 0.416 e. The Morgan fingerprint density at radius 3 is 2.74 bits per heavy atom. The lowest BCUT2D eigenvalue weighted by atomic mass is 10.0. The van der Waals surface area contributed by atoms with Crippen molar-refractivity contribution in [1.82, 2.24) is 14.4 Å². The number of aromatic nitrogens is 3. The van der Waals surface area contributed by atoms with E-state index in [1.54, 1.807) is 0 Å².